The Balaban J connectivity index is 2.79. The van der Waals surface area contributed by atoms with Gasteiger partial charge in [0.25, 0.3) is 0 Å². The van der Waals surface area contributed by atoms with Gasteiger partial charge in [0.1, 0.15) is 0 Å². The molecule has 0 spiro atoms. The van der Waals surface area contributed by atoms with E-state index >= 15 is 0 Å². The van der Waals surface area contributed by atoms with Gasteiger partial charge in [-0.25, -0.2) is 0 Å². The molecule has 0 aliphatic heterocycles. The molecule has 1 heterocycles. The molecule has 0 fully saturated rings. The molecule has 1 atom stereocenters. The van der Waals surface area contributed by atoms with Crippen molar-refractivity contribution in [2.24, 2.45) is 5.92 Å². The average Bonchev–Trinajstić information content (AvgIpc) is 2.47. The predicted octanol–water partition coefficient (Wildman–Crippen LogP) is 4.41. The zero-order valence-corrected chi connectivity index (χ0v) is 11.5. The van der Waals surface area contributed by atoms with Crippen molar-refractivity contribution in [3.8, 4) is 0 Å². The third-order valence-electron chi connectivity index (χ3n) is 2.46. The highest BCUT2D eigenvalue weighted by molar-refractivity contribution is 7.16. The molecule has 1 aromatic rings. The third-order valence-corrected chi connectivity index (χ3v) is 4.10. The summed E-state index contributed by atoms with van der Waals surface area (Å²) in [5.41, 5.74) is 1.20. The van der Waals surface area contributed by atoms with Gasteiger partial charge in [-0.1, -0.05) is 32.4 Å². The molecule has 15 heavy (non-hydrogen) atoms. The summed E-state index contributed by atoms with van der Waals surface area (Å²) in [6.45, 7) is 9.82. The number of aryl methyl sites for hydroxylation is 1. The molecule has 0 saturated carbocycles. The van der Waals surface area contributed by atoms with Gasteiger partial charge in [0, 0.05) is 10.9 Å². The summed E-state index contributed by atoms with van der Waals surface area (Å²) in [5, 5.41) is 3.58. The summed E-state index contributed by atoms with van der Waals surface area (Å²) in [4.78, 5) is 1.36. The maximum absolute atomic E-state index is 6.10. The van der Waals surface area contributed by atoms with Crippen LogP contribution in [0.1, 0.15) is 43.7 Å². The minimum Gasteiger partial charge on any atom is -0.309 e. The van der Waals surface area contributed by atoms with Crippen LogP contribution in [0.3, 0.4) is 0 Å². The number of hydrogen-bond acceptors (Lipinski definition) is 2. The van der Waals surface area contributed by atoms with Crippen molar-refractivity contribution in [3.63, 3.8) is 0 Å². The molecule has 1 unspecified atom stereocenters. The van der Waals surface area contributed by atoms with Crippen molar-refractivity contribution >= 4 is 22.9 Å². The average molecular weight is 246 g/mol. The highest BCUT2D eigenvalue weighted by atomic mass is 35.5. The summed E-state index contributed by atoms with van der Waals surface area (Å²) >= 11 is 7.81. The predicted molar refractivity (Wildman–Crippen MR) is 69.9 cm³/mol. The van der Waals surface area contributed by atoms with E-state index in [1.165, 1.54) is 16.9 Å². The topological polar surface area (TPSA) is 12.0 Å². The van der Waals surface area contributed by atoms with Gasteiger partial charge in [0.05, 0.1) is 4.34 Å². The number of thiophene rings is 1. The first-order chi connectivity index (χ1) is 7.06. The highest BCUT2D eigenvalue weighted by Crippen LogP contribution is 2.33. The van der Waals surface area contributed by atoms with E-state index in [9.17, 15) is 0 Å². The Morgan fingerprint density at radius 3 is 2.53 bits per heavy atom. The normalized spacial score (nSPS) is 13.5. The van der Waals surface area contributed by atoms with E-state index in [2.05, 4.69) is 39.1 Å². The van der Waals surface area contributed by atoms with Crippen LogP contribution in [-0.4, -0.2) is 6.54 Å². The van der Waals surface area contributed by atoms with Crippen LogP contribution in [0.25, 0.3) is 0 Å². The Hall–Kier alpha value is -0.0500. The lowest BCUT2D eigenvalue weighted by molar-refractivity contribution is 0.418. The zero-order chi connectivity index (χ0) is 11.4. The lowest BCUT2D eigenvalue weighted by atomic mass is 10.0. The Bertz CT molecular complexity index is 287. The maximum Gasteiger partial charge on any atom is 0.0960 e. The summed E-state index contributed by atoms with van der Waals surface area (Å²) in [5.74, 6) is 0.602. The molecule has 0 aliphatic carbocycles. The van der Waals surface area contributed by atoms with E-state index in [0.29, 0.717) is 12.0 Å². The number of hydrogen-bond donors (Lipinski definition) is 1. The molecule has 1 rings (SSSR count). The molecule has 3 heteroatoms. The molecular weight excluding hydrogens is 226 g/mol. The largest absolute Gasteiger partial charge is 0.309 e. The van der Waals surface area contributed by atoms with Gasteiger partial charge in [-0.3, -0.25) is 0 Å². The van der Waals surface area contributed by atoms with E-state index in [1.807, 2.05) is 0 Å². The van der Waals surface area contributed by atoms with E-state index in [1.54, 1.807) is 11.3 Å². The maximum atomic E-state index is 6.10. The quantitative estimate of drug-likeness (QED) is 0.811. The molecule has 0 saturated heterocycles. The summed E-state index contributed by atoms with van der Waals surface area (Å²) in [7, 11) is 0. The number of nitrogens with one attached hydrogen (secondary N) is 1. The van der Waals surface area contributed by atoms with Gasteiger partial charge in [-0.2, -0.15) is 0 Å². The minimum absolute atomic E-state index is 0.446. The third kappa shape index (κ3) is 3.47. The van der Waals surface area contributed by atoms with Crippen LogP contribution in [-0.2, 0) is 0 Å². The van der Waals surface area contributed by atoms with Crippen LogP contribution in [0.5, 0.6) is 0 Å². The van der Waals surface area contributed by atoms with Gasteiger partial charge in [0.15, 0.2) is 0 Å². The zero-order valence-electron chi connectivity index (χ0n) is 9.93. The van der Waals surface area contributed by atoms with Gasteiger partial charge in [-0.15, -0.1) is 11.3 Å². The van der Waals surface area contributed by atoms with Gasteiger partial charge >= 0.3 is 0 Å². The smallest absolute Gasteiger partial charge is 0.0960 e. The second-order valence-corrected chi connectivity index (χ2v) is 5.97. The second kappa shape index (κ2) is 5.88. The monoisotopic (exact) mass is 245 g/mol. The molecule has 1 N–H and O–H groups in total. The first-order valence-corrected chi connectivity index (χ1v) is 6.75. The lowest BCUT2D eigenvalue weighted by Gasteiger charge is -2.20. The Morgan fingerprint density at radius 1 is 1.47 bits per heavy atom. The van der Waals surface area contributed by atoms with Crippen molar-refractivity contribution < 1.29 is 0 Å². The van der Waals surface area contributed by atoms with Gasteiger partial charge < -0.3 is 5.32 Å². The molecule has 0 aromatic carbocycles. The Kier molecular flexibility index (Phi) is 5.10. The summed E-state index contributed by atoms with van der Waals surface area (Å²) in [6.07, 6.45) is 1.17. The van der Waals surface area contributed by atoms with E-state index in [4.69, 9.17) is 11.6 Å². The number of rotatable bonds is 5. The van der Waals surface area contributed by atoms with Gasteiger partial charge in [0.2, 0.25) is 0 Å². The van der Waals surface area contributed by atoms with Crippen molar-refractivity contribution in [2.75, 3.05) is 6.54 Å². The van der Waals surface area contributed by atoms with Crippen LogP contribution >= 0.6 is 22.9 Å². The van der Waals surface area contributed by atoms with E-state index < -0.39 is 0 Å². The SMILES string of the molecule is CCCNC(c1cc(C)c(Cl)s1)C(C)C. The fraction of sp³-hybridized carbons (Fsp3) is 0.667. The fourth-order valence-corrected chi connectivity index (χ4v) is 3.07. The molecule has 0 radical (unpaired) electrons. The Morgan fingerprint density at radius 2 is 2.13 bits per heavy atom. The van der Waals surface area contributed by atoms with Crippen LogP contribution in [0.2, 0.25) is 4.34 Å². The summed E-state index contributed by atoms with van der Waals surface area (Å²) < 4.78 is 0.925. The lowest BCUT2D eigenvalue weighted by Crippen LogP contribution is -2.25. The van der Waals surface area contributed by atoms with Crippen molar-refractivity contribution in [1.29, 1.82) is 0 Å². The first-order valence-electron chi connectivity index (χ1n) is 5.55. The van der Waals surface area contributed by atoms with E-state index in [-0.39, 0.29) is 0 Å². The number of halogens is 1. The van der Waals surface area contributed by atoms with E-state index in [0.717, 1.165) is 10.9 Å². The first kappa shape index (κ1) is 13.0. The molecule has 0 bridgehead atoms. The Labute approximate surface area is 102 Å². The molecular formula is C12H20ClNS. The highest BCUT2D eigenvalue weighted by Gasteiger charge is 2.17. The summed E-state index contributed by atoms with van der Waals surface area (Å²) in [6, 6.07) is 2.65. The van der Waals surface area contributed by atoms with Crippen molar-refractivity contribution in [1.82, 2.24) is 5.32 Å². The van der Waals surface area contributed by atoms with Crippen molar-refractivity contribution in [3.05, 3.63) is 20.8 Å². The van der Waals surface area contributed by atoms with Crippen LogP contribution in [0, 0.1) is 12.8 Å². The van der Waals surface area contributed by atoms with Crippen LogP contribution in [0.15, 0.2) is 6.07 Å². The van der Waals surface area contributed by atoms with Gasteiger partial charge in [-0.05, 0) is 37.4 Å². The molecule has 1 nitrogen and oxygen atoms in total. The van der Waals surface area contributed by atoms with Crippen LogP contribution < -0.4 is 5.32 Å². The second-order valence-electron chi connectivity index (χ2n) is 4.28. The molecule has 0 amide bonds. The fourth-order valence-electron chi connectivity index (χ4n) is 1.60. The molecule has 1 aromatic heterocycles. The van der Waals surface area contributed by atoms with Crippen molar-refractivity contribution in [2.45, 2.75) is 40.2 Å². The molecule has 0 aliphatic rings. The minimum atomic E-state index is 0.446. The van der Waals surface area contributed by atoms with Crippen LogP contribution in [0.4, 0.5) is 0 Å². The standard InChI is InChI=1S/C12H20ClNS/c1-5-6-14-11(8(2)3)10-7-9(4)12(13)15-10/h7-8,11,14H,5-6H2,1-4H3. The molecule has 86 valence electrons.